The zero-order valence-corrected chi connectivity index (χ0v) is 15.9. The number of rotatable bonds is 10. The van der Waals surface area contributed by atoms with Crippen molar-refractivity contribution in [3.63, 3.8) is 0 Å². The van der Waals surface area contributed by atoms with Gasteiger partial charge in [0, 0.05) is 31.3 Å². The molecular formula is C21H26N2O5. The highest BCUT2D eigenvalue weighted by molar-refractivity contribution is 5.94. The number of methoxy groups -OCH3 is 1. The summed E-state index contributed by atoms with van der Waals surface area (Å²) in [5.41, 5.74) is 1.89. The Kier molecular flexibility index (Phi) is 7.11. The SMILES string of the molecule is COc1ccccc1OCCNCC(O)COc1ccc2c(c1)NC(=O)CC2. The van der Waals surface area contributed by atoms with E-state index < -0.39 is 6.10 Å². The Morgan fingerprint density at radius 2 is 1.96 bits per heavy atom. The van der Waals surface area contributed by atoms with Crippen LogP contribution >= 0.6 is 0 Å². The second-order valence-electron chi connectivity index (χ2n) is 6.54. The number of anilines is 1. The summed E-state index contributed by atoms with van der Waals surface area (Å²) in [6.07, 6.45) is 0.598. The maximum absolute atomic E-state index is 11.5. The van der Waals surface area contributed by atoms with Gasteiger partial charge in [-0.1, -0.05) is 18.2 Å². The van der Waals surface area contributed by atoms with Gasteiger partial charge in [0.25, 0.3) is 0 Å². The molecule has 1 aliphatic rings. The molecule has 1 heterocycles. The number of benzene rings is 2. The molecule has 0 aliphatic carbocycles. The highest BCUT2D eigenvalue weighted by Gasteiger charge is 2.15. The van der Waals surface area contributed by atoms with Crippen molar-refractivity contribution in [2.24, 2.45) is 0 Å². The van der Waals surface area contributed by atoms with Gasteiger partial charge in [-0.05, 0) is 30.2 Å². The van der Waals surface area contributed by atoms with Crippen LogP contribution in [0.3, 0.4) is 0 Å². The molecule has 0 bridgehead atoms. The van der Waals surface area contributed by atoms with Gasteiger partial charge in [0.2, 0.25) is 5.91 Å². The van der Waals surface area contributed by atoms with Gasteiger partial charge in [0.05, 0.1) is 7.11 Å². The number of carbonyl (C=O) groups is 1. The van der Waals surface area contributed by atoms with Crippen molar-refractivity contribution in [1.82, 2.24) is 5.32 Å². The van der Waals surface area contributed by atoms with E-state index in [1.54, 1.807) is 13.2 Å². The predicted octanol–water partition coefficient (Wildman–Crippen LogP) is 1.99. The minimum Gasteiger partial charge on any atom is -0.493 e. The molecule has 2 aromatic rings. The third-order valence-corrected chi connectivity index (χ3v) is 4.40. The molecule has 150 valence electrons. The Bertz CT molecular complexity index is 796. The van der Waals surface area contributed by atoms with Crippen molar-refractivity contribution >= 4 is 11.6 Å². The van der Waals surface area contributed by atoms with Crippen molar-refractivity contribution < 1.29 is 24.1 Å². The van der Waals surface area contributed by atoms with Crippen LogP contribution in [0.15, 0.2) is 42.5 Å². The van der Waals surface area contributed by atoms with Gasteiger partial charge < -0.3 is 30.0 Å². The van der Waals surface area contributed by atoms with E-state index in [0.29, 0.717) is 43.4 Å². The van der Waals surface area contributed by atoms with Crippen LogP contribution in [0, 0.1) is 0 Å². The number of amides is 1. The molecule has 1 aliphatic heterocycles. The molecule has 0 saturated heterocycles. The van der Waals surface area contributed by atoms with Gasteiger partial charge in [-0.15, -0.1) is 0 Å². The van der Waals surface area contributed by atoms with Crippen LogP contribution in [0.4, 0.5) is 5.69 Å². The number of fused-ring (bicyclic) bond motifs is 1. The van der Waals surface area contributed by atoms with Gasteiger partial charge in [-0.25, -0.2) is 0 Å². The molecule has 0 radical (unpaired) electrons. The summed E-state index contributed by atoms with van der Waals surface area (Å²) in [6, 6.07) is 13.1. The first kappa shape index (κ1) is 20.0. The molecule has 3 N–H and O–H groups in total. The fourth-order valence-corrected chi connectivity index (χ4v) is 2.93. The molecule has 28 heavy (non-hydrogen) atoms. The summed E-state index contributed by atoms with van der Waals surface area (Å²) in [6.45, 7) is 1.59. The summed E-state index contributed by atoms with van der Waals surface area (Å²) in [5.74, 6) is 2.02. The minimum atomic E-state index is -0.656. The van der Waals surface area contributed by atoms with Crippen molar-refractivity contribution in [3.8, 4) is 17.2 Å². The molecule has 2 aromatic carbocycles. The lowest BCUT2D eigenvalue weighted by Gasteiger charge is -2.18. The van der Waals surface area contributed by atoms with Crippen LogP contribution in [0.25, 0.3) is 0 Å². The zero-order chi connectivity index (χ0) is 19.8. The van der Waals surface area contributed by atoms with Crippen molar-refractivity contribution in [3.05, 3.63) is 48.0 Å². The molecule has 0 fully saturated rings. The van der Waals surface area contributed by atoms with E-state index in [1.165, 1.54) is 0 Å². The van der Waals surface area contributed by atoms with E-state index in [2.05, 4.69) is 10.6 Å². The number of para-hydroxylation sites is 2. The van der Waals surface area contributed by atoms with Crippen LogP contribution in [-0.4, -0.2) is 50.5 Å². The summed E-state index contributed by atoms with van der Waals surface area (Å²) in [5, 5.41) is 16.0. The van der Waals surface area contributed by atoms with Crippen LogP contribution in [0.2, 0.25) is 0 Å². The third kappa shape index (κ3) is 5.61. The molecule has 7 nitrogen and oxygen atoms in total. The first-order valence-electron chi connectivity index (χ1n) is 9.36. The van der Waals surface area contributed by atoms with E-state index >= 15 is 0 Å². The number of hydrogen-bond acceptors (Lipinski definition) is 6. The lowest BCUT2D eigenvalue weighted by atomic mass is 10.0. The Morgan fingerprint density at radius 3 is 2.79 bits per heavy atom. The predicted molar refractivity (Wildman–Crippen MR) is 106 cm³/mol. The molecule has 1 amide bonds. The van der Waals surface area contributed by atoms with E-state index in [9.17, 15) is 9.90 Å². The molecule has 0 spiro atoms. The summed E-state index contributed by atoms with van der Waals surface area (Å²) >= 11 is 0. The second-order valence-corrected chi connectivity index (χ2v) is 6.54. The largest absolute Gasteiger partial charge is 0.493 e. The number of aliphatic hydroxyl groups is 1. The van der Waals surface area contributed by atoms with E-state index in [1.807, 2.05) is 36.4 Å². The number of hydrogen-bond donors (Lipinski definition) is 3. The maximum atomic E-state index is 11.5. The number of ether oxygens (including phenoxy) is 3. The molecule has 0 saturated carbocycles. The van der Waals surface area contributed by atoms with Gasteiger partial charge >= 0.3 is 0 Å². The molecule has 1 unspecified atom stereocenters. The molecule has 7 heteroatoms. The molecule has 3 rings (SSSR count). The van der Waals surface area contributed by atoms with Crippen molar-refractivity contribution in [2.75, 3.05) is 38.7 Å². The quantitative estimate of drug-likeness (QED) is 0.541. The van der Waals surface area contributed by atoms with Crippen LogP contribution in [0.1, 0.15) is 12.0 Å². The first-order valence-corrected chi connectivity index (χ1v) is 9.36. The standard InChI is InChI=1S/C21H26N2O5/c1-26-19-4-2-3-5-20(19)27-11-10-22-13-16(24)14-28-17-8-6-15-7-9-21(25)23-18(15)12-17/h2-6,8,12,16,22,24H,7,9-11,13-14H2,1H3,(H,23,25). The highest BCUT2D eigenvalue weighted by atomic mass is 16.5. The lowest BCUT2D eigenvalue weighted by molar-refractivity contribution is -0.116. The average Bonchev–Trinajstić information content (AvgIpc) is 2.72. The van der Waals surface area contributed by atoms with Crippen LogP contribution in [-0.2, 0) is 11.2 Å². The van der Waals surface area contributed by atoms with E-state index in [-0.39, 0.29) is 12.5 Å². The molecular weight excluding hydrogens is 360 g/mol. The Labute approximate surface area is 164 Å². The maximum Gasteiger partial charge on any atom is 0.224 e. The van der Waals surface area contributed by atoms with Gasteiger partial charge in [0.15, 0.2) is 11.5 Å². The highest BCUT2D eigenvalue weighted by Crippen LogP contribution is 2.27. The van der Waals surface area contributed by atoms with E-state index in [0.717, 1.165) is 17.7 Å². The van der Waals surface area contributed by atoms with Crippen LogP contribution < -0.4 is 24.8 Å². The van der Waals surface area contributed by atoms with Crippen molar-refractivity contribution in [2.45, 2.75) is 18.9 Å². The summed E-state index contributed by atoms with van der Waals surface area (Å²) in [7, 11) is 1.60. The lowest BCUT2D eigenvalue weighted by Crippen LogP contribution is -2.33. The fourth-order valence-electron chi connectivity index (χ4n) is 2.93. The van der Waals surface area contributed by atoms with Crippen LogP contribution in [0.5, 0.6) is 17.2 Å². The average molecular weight is 386 g/mol. The number of carbonyl (C=O) groups excluding carboxylic acids is 1. The van der Waals surface area contributed by atoms with Gasteiger partial charge in [-0.3, -0.25) is 4.79 Å². The topological polar surface area (TPSA) is 89.1 Å². The van der Waals surface area contributed by atoms with Crippen molar-refractivity contribution in [1.29, 1.82) is 0 Å². The number of nitrogens with one attached hydrogen (secondary N) is 2. The summed E-state index contributed by atoms with van der Waals surface area (Å²) < 4.78 is 16.5. The first-order chi connectivity index (χ1) is 13.7. The third-order valence-electron chi connectivity index (χ3n) is 4.40. The smallest absolute Gasteiger partial charge is 0.224 e. The second kappa shape index (κ2) is 9.96. The fraction of sp³-hybridized carbons (Fsp3) is 0.381. The minimum absolute atomic E-state index is 0.0178. The Balaban J connectivity index is 1.34. The molecule has 1 atom stereocenters. The number of aryl methyl sites for hydroxylation is 1. The number of aliphatic hydroxyl groups excluding tert-OH is 1. The van der Waals surface area contributed by atoms with Gasteiger partial charge in [0.1, 0.15) is 25.1 Å². The Hall–Kier alpha value is -2.77. The Morgan fingerprint density at radius 1 is 1.14 bits per heavy atom. The monoisotopic (exact) mass is 386 g/mol. The summed E-state index contributed by atoms with van der Waals surface area (Å²) in [4.78, 5) is 11.5. The van der Waals surface area contributed by atoms with E-state index in [4.69, 9.17) is 14.2 Å². The zero-order valence-electron chi connectivity index (χ0n) is 15.9. The van der Waals surface area contributed by atoms with Gasteiger partial charge in [-0.2, -0.15) is 0 Å². The normalized spacial score (nSPS) is 14.0. The molecule has 0 aromatic heterocycles.